The molecule has 0 spiro atoms. The lowest BCUT2D eigenvalue weighted by Gasteiger charge is -2.30. The van der Waals surface area contributed by atoms with Crippen LogP contribution in [-0.4, -0.2) is 49.7 Å². The summed E-state index contributed by atoms with van der Waals surface area (Å²) in [5.74, 6) is -0.606. The average Bonchev–Trinajstić information content (AvgIpc) is 2.59. The number of rotatable bonds is 4. The minimum absolute atomic E-state index is 0.0276. The number of ether oxygens (including phenoxy) is 4. The molecular formula is C12H20O5. The van der Waals surface area contributed by atoms with Crippen molar-refractivity contribution in [1.82, 2.24) is 0 Å². The molecule has 0 bridgehead atoms. The highest BCUT2D eigenvalue weighted by atomic mass is 16.8. The summed E-state index contributed by atoms with van der Waals surface area (Å²) in [6, 6.07) is 0. The van der Waals surface area contributed by atoms with Crippen LogP contribution in [0.2, 0.25) is 0 Å². The van der Waals surface area contributed by atoms with E-state index in [0.717, 1.165) is 5.57 Å². The van der Waals surface area contributed by atoms with Gasteiger partial charge in [0.2, 0.25) is 0 Å². The summed E-state index contributed by atoms with van der Waals surface area (Å²) in [6.07, 6.45) is 2.18. The van der Waals surface area contributed by atoms with Crippen LogP contribution >= 0.6 is 0 Å². The van der Waals surface area contributed by atoms with Crippen molar-refractivity contribution in [2.24, 2.45) is 0 Å². The van der Waals surface area contributed by atoms with Crippen molar-refractivity contribution >= 4 is 0 Å². The Morgan fingerprint density at radius 3 is 2.88 bits per heavy atom. The molecule has 1 aliphatic heterocycles. The van der Waals surface area contributed by atoms with Crippen molar-refractivity contribution in [3.05, 3.63) is 11.6 Å². The molecule has 3 unspecified atom stereocenters. The maximum atomic E-state index is 9.23. The Kier molecular flexibility index (Phi) is 3.85. The standard InChI is InChI=1S/C12H20O5/c1-12(2)16-10-5-8(6-13)4-9(11(10)17-12)15-7-14-3/h5,9-11,13H,4,6-7H2,1-3H3. The minimum atomic E-state index is -0.606. The molecule has 1 fully saturated rings. The molecule has 5 heteroatoms. The predicted octanol–water partition coefficient (Wildman–Crippen LogP) is 0.818. The van der Waals surface area contributed by atoms with Crippen LogP contribution in [0.25, 0.3) is 0 Å². The Morgan fingerprint density at radius 1 is 1.47 bits per heavy atom. The number of methoxy groups -OCH3 is 1. The predicted molar refractivity (Wildman–Crippen MR) is 60.4 cm³/mol. The van der Waals surface area contributed by atoms with Gasteiger partial charge in [0.25, 0.3) is 0 Å². The molecule has 0 radical (unpaired) electrons. The molecule has 0 saturated carbocycles. The Balaban J connectivity index is 2.10. The van der Waals surface area contributed by atoms with Gasteiger partial charge in [-0.05, 0) is 25.8 Å². The quantitative estimate of drug-likeness (QED) is 0.586. The summed E-state index contributed by atoms with van der Waals surface area (Å²) in [6.45, 7) is 4.01. The summed E-state index contributed by atoms with van der Waals surface area (Å²) >= 11 is 0. The molecular weight excluding hydrogens is 224 g/mol. The molecule has 1 N–H and O–H groups in total. The van der Waals surface area contributed by atoms with E-state index < -0.39 is 5.79 Å². The fourth-order valence-electron chi connectivity index (χ4n) is 2.34. The minimum Gasteiger partial charge on any atom is -0.392 e. The largest absolute Gasteiger partial charge is 0.392 e. The number of aliphatic hydroxyl groups excluding tert-OH is 1. The van der Waals surface area contributed by atoms with E-state index in [1.807, 2.05) is 19.9 Å². The van der Waals surface area contributed by atoms with E-state index in [9.17, 15) is 5.11 Å². The highest BCUT2D eigenvalue weighted by Gasteiger charge is 2.46. The number of aliphatic hydroxyl groups is 1. The summed E-state index contributed by atoms with van der Waals surface area (Å²) in [5.41, 5.74) is 0.925. The van der Waals surface area contributed by atoms with Crippen molar-refractivity contribution in [3.8, 4) is 0 Å². The van der Waals surface area contributed by atoms with Crippen molar-refractivity contribution in [2.45, 2.75) is 44.4 Å². The fourth-order valence-corrected chi connectivity index (χ4v) is 2.34. The van der Waals surface area contributed by atoms with Crippen LogP contribution in [0.1, 0.15) is 20.3 Å². The van der Waals surface area contributed by atoms with Crippen LogP contribution in [0, 0.1) is 0 Å². The normalized spacial score (nSPS) is 35.5. The molecule has 2 rings (SSSR count). The zero-order valence-electron chi connectivity index (χ0n) is 10.5. The van der Waals surface area contributed by atoms with E-state index in [-0.39, 0.29) is 31.7 Å². The topological polar surface area (TPSA) is 57.2 Å². The third-order valence-electron chi connectivity index (χ3n) is 3.00. The van der Waals surface area contributed by atoms with E-state index in [1.165, 1.54) is 0 Å². The van der Waals surface area contributed by atoms with Crippen LogP contribution in [0.3, 0.4) is 0 Å². The van der Waals surface area contributed by atoms with Gasteiger partial charge in [0.15, 0.2) is 5.79 Å². The molecule has 0 aromatic rings. The summed E-state index contributed by atoms with van der Waals surface area (Å²) < 4.78 is 22.1. The smallest absolute Gasteiger partial charge is 0.164 e. The van der Waals surface area contributed by atoms with Gasteiger partial charge >= 0.3 is 0 Å². The Bertz CT molecular complexity index is 299. The second kappa shape index (κ2) is 5.04. The van der Waals surface area contributed by atoms with Gasteiger partial charge in [-0.1, -0.05) is 6.08 Å². The Labute approximate surface area is 101 Å². The molecule has 5 nitrogen and oxygen atoms in total. The van der Waals surface area contributed by atoms with Gasteiger partial charge in [-0.3, -0.25) is 0 Å². The zero-order valence-corrected chi connectivity index (χ0v) is 10.5. The highest BCUT2D eigenvalue weighted by Crippen LogP contribution is 2.37. The van der Waals surface area contributed by atoms with Crippen LogP contribution in [0.15, 0.2) is 11.6 Å². The van der Waals surface area contributed by atoms with E-state index in [1.54, 1.807) is 7.11 Å². The van der Waals surface area contributed by atoms with Crippen LogP contribution in [0.4, 0.5) is 0 Å². The molecule has 1 heterocycles. The molecule has 17 heavy (non-hydrogen) atoms. The van der Waals surface area contributed by atoms with E-state index in [4.69, 9.17) is 18.9 Å². The lowest BCUT2D eigenvalue weighted by Crippen LogP contribution is -2.40. The van der Waals surface area contributed by atoms with Crippen LogP contribution in [0.5, 0.6) is 0 Å². The summed E-state index contributed by atoms with van der Waals surface area (Å²) in [5, 5.41) is 9.23. The second-order valence-corrected chi connectivity index (χ2v) is 4.86. The first-order valence-corrected chi connectivity index (χ1v) is 5.82. The molecule has 2 aliphatic rings. The Morgan fingerprint density at radius 2 is 2.24 bits per heavy atom. The molecule has 0 aromatic carbocycles. The first kappa shape index (κ1) is 13.0. The number of hydrogen-bond acceptors (Lipinski definition) is 5. The fraction of sp³-hybridized carbons (Fsp3) is 0.833. The molecule has 3 atom stereocenters. The van der Waals surface area contributed by atoms with Crippen molar-refractivity contribution < 1.29 is 24.1 Å². The average molecular weight is 244 g/mol. The second-order valence-electron chi connectivity index (χ2n) is 4.86. The van der Waals surface area contributed by atoms with Gasteiger partial charge in [0.05, 0.1) is 12.7 Å². The lowest BCUT2D eigenvalue weighted by molar-refractivity contribution is -0.168. The summed E-state index contributed by atoms with van der Waals surface area (Å²) in [4.78, 5) is 0. The molecule has 0 amide bonds. The maximum absolute atomic E-state index is 9.23. The SMILES string of the molecule is COCOC1CC(CO)=CC2OC(C)(C)OC21. The number of fused-ring (bicyclic) bond motifs is 1. The van der Waals surface area contributed by atoms with Gasteiger partial charge in [0, 0.05) is 7.11 Å². The van der Waals surface area contributed by atoms with E-state index in [0.29, 0.717) is 6.42 Å². The van der Waals surface area contributed by atoms with Gasteiger partial charge < -0.3 is 24.1 Å². The molecule has 1 aliphatic carbocycles. The van der Waals surface area contributed by atoms with Crippen molar-refractivity contribution in [1.29, 1.82) is 0 Å². The first-order chi connectivity index (χ1) is 8.05. The number of hydrogen-bond donors (Lipinski definition) is 1. The van der Waals surface area contributed by atoms with Crippen molar-refractivity contribution in [3.63, 3.8) is 0 Å². The van der Waals surface area contributed by atoms with Gasteiger partial charge in [0.1, 0.15) is 19.0 Å². The molecule has 0 aromatic heterocycles. The first-order valence-electron chi connectivity index (χ1n) is 5.82. The lowest BCUT2D eigenvalue weighted by atomic mass is 9.92. The molecule has 1 saturated heterocycles. The highest BCUT2D eigenvalue weighted by molar-refractivity contribution is 5.17. The third kappa shape index (κ3) is 2.86. The van der Waals surface area contributed by atoms with Crippen molar-refractivity contribution in [2.75, 3.05) is 20.5 Å². The maximum Gasteiger partial charge on any atom is 0.164 e. The van der Waals surface area contributed by atoms with Gasteiger partial charge in [-0.2, -0.15) is 0 Å². The van der Waals surface area contributed by atoms with Crippen LogP contribution in [-0.2, 0) is 18.9 Å². The Hall–Kier alpha value is -0.460. The van der Waals surface area contributed by atoms with Gasteiger partial charge in [-0.25, -0.2) is 0 Å². The van der Waals surface area contributed by atoms with E-state index in [2.05, 4.69) is 0 Å². The van der Waals surface area contributed by atoms with Gasteiger partial charge in [-0.15, -0.1) is 0 Å². The monoisotopic (exact) mass is 244 g/mol. The van der Waals surface area contributed by atoms with Crippen LogP contribution < -0.4 is 0 Å². The zero-order chi connectivity index (χ0) is 12.5. The third-order valence-corrected chi connectivity index (χ3v) is 3.00. The molecule has 98 valence electrons. The summed E-state index contributed by atoms with van der Waals surface area (Å²) in [7, 11) is 1.58. The van der Waals surface area contributed by atoms with E-state index >= 15 is 0 Å².